The zero-order chi connectivity index (χ0) is 19.6. The highest BCUT2D eigenvalue weighted by Crippen LogP contribution is 2.29. The molecule has 2 aliphatic rings. The minimum atomic E-state index is 0.0921. The molecular weight excluding hydrogens is 364 g/mol. The Hall–Kier alpha value is -3.12. The highest BCUT2D eigenvalue weighted by Gasteiger charge is 2.21. The Labute approximate surface area is 169 Å². The lowest BCUT2D eigenvalue weighted by Gasteiger charge is -2.29. The standard InChI is InChI=1S/C23H24N4O2/c28-23(18-3-5-19(6-4-18)26-12-14-29-15-13-26)27-10-7-17(8-11-27)21-16-25-22-20(21)2-1-9-24-22/h1-7,9,16H,8,10-15H2,(H,24,25). The quantitative estimate of drug-likeness (QED) is 0.748. The normalized spacial score (nSPS) is 17.4. The molecule has 6 nitrogen and oxygen atoms in total. The number of anilines is 1. The second kappa shape index (κ2) is 7.72. The van der Waals surface area contributed by atoms with E-state index >= 15 is 0 Å². The zero-order valence-corrected chi connectivity index (χ0v) is 16.3. The van der Waals surface area contributed by atoms with Crippen molar-refractivity contribution >= 4 is 28.2 Å². The Kier molecular flexibility index (Phi) is 4.77. The summed E-state index contributed by atoms with van der Waals surface area (Å²) in [6.07, 6.45) is 6.83. The Morgan fingerprint density at radius 1 is 1.07 bits per heavy atom. The summed E-state index contributed by atoms with van der Waals surface area (Å²) in [5.41, 5.74) is 5.27. The Morgan fingerprint density at radius 3 is 2.66 bits per heavy atom. The van der Waals surface area contributed by atoms with Crippen molar-refractivity contribution in [3.8, 4) is 0 Å². The molecule has 1 fully saturated rings. The summed E-state index contributed by atoms with van der Waals surface area (Å²) >= 11 is 0. The average Bonchev–Trinajstić information content (AvgIpc) is 3.24. The summed E-state index contributed by atoms with van der Waals surface area (Å²) in [6.45, 7) is 4.67. The van der Waals surface area contributed by atoms with Gasteiger partial charge in [-0.2, -0.15) is 0 Å². The van der Waals surface area contributed by atoms with Crippen LogP contribution >= 0.6 is 0 Å². The van der Waals surface area contributed by atoms with Crippen molar-refractivity contribution in [2.45, 2.75) is 6.42 Å². The molecule has 3 aromatic rings. The number of hydrogen-bond donors (Lipinski definition) is 1. The summed E-state index contributed by atoms with van der Waals surface area (Å²) in [5, 5.41) is 1.14. The van der Waals surface area contributed by atoms with Gasteiger partial charge in [-0.25, -0.2) is 4.98 Å². The van der Waals surface area contributed by atoms with E-state index < -0.39 is 0 Å². The van der Waals surface area contributed by atoms with Crippen LogP contribution in [-0.2, 0) is 4.74 Å². The second-order valence-corrected chi connectivity index (χ2v) is 7.48. The molecule has 0 aliphatic carbocycles. The third-order valence-electron chi connectivity index (χ3n) is 5.78. The lowest BCUT2D eigenvalue weighted by atomic mass is 9.99. The summed E-state index contributed by atoms with van der Waals surface area (Å²) in [7, 11) is 0. The molecule has 29 heavy (non-hydrogen) atoms. The van der Waals surface area contributed by atoms with Gasteiger partial charge in [0.15, 0.2) is 0 Å². The van der Waals surface area contributed by atoms with E-state index in [1.165, 1.54) is 11.1 Å². The van der Waals surface area contributed by atoms with E-state index in [4.69, 9.17) is 4.74 Å². The molecule has 148 valence electrons. The number of morpholine rings is 1. The highest BCUT2D eigenvalue weighted by atomic mass is 16.5. The molecule has 1 amide bonds. The molecular formula is C23H24N4O2. The minimum Gasteiger partial charge on any atom is -0.378 e. The van der Waals surface area contributed by atoms with Gasteiger partial charge in [0.2, 0.25) is 0 Å². The topological polar surface area (TPSA) is 61.5 Å². The number of amides is 1. The van der Waals surface area contributed by atoms with Gasteiger partial charge in [0.1, 0.15) is 5.65 Å². The first-order chi connectivity index (χ1) is 14.3. The first-order valence-electron chi connectivity index (χ1n) is 10.1. The molecule has 0 radical (unpaired) electrons. The van der Waals surface area contributed by atoms with Crippen LogP contribution < -0.4 is 4.90 Å². The van der Waals surface area contributed by atoms with E-state index in [9.17, 15) is 4.79 Å². The number of ether oxygens (including phenoxy) is 1. The largest absolute Gasteiger partial charge is 0.378 e. The van der Waals surface area contributed by atoms with Crippen molar-refractivity contribution < 1.29 is 9.53 Å². The predicted octanol–water partition coefficient (Wildman–Crippen LogP) is 3.33. The van der Waals surface area contributed by atoms with Gasteiger partial charge in [0, 0.05) is 60.8 Å². The fourth-order valence-electron chi connectivity index (χ4n) is 4.14. The fraction of sp³-hybridized carbons (Fsp3) is 0.304. The molecule has 0 atom stereocenters. The molecule has 4 heterocycles. The molecule has 0 saturated carbocycles. The van der Waals surface area contributed by atoms with Crippen LogP contribution in [0.5, 0.6) is 0 Å². The Morgan fingerprint density at radius 2 is 1.90 bits per heavy atom. The molecule has 0 spiro atoms. The number of nitrogens with one attached hydrogen (secondary N) is 1. The summed E-state index contributed by atoms with van der Waals surface area (Å²) in [5.74, 6) is 0.0921. The van der Waals surface area contributed by atoms with Gasteiger partial charge in [-0.1, -0.05) is 6.08 Å². The Bertz CT molecular complexity index is 1050. The number of pyridine rings is 1. The SMILES string of the molecule is O=C(c1ccc(N2CCOCC2)cc1)N1CC=C(c2c[nH]c3ncccc23)CC1. The van der Waals surface area contributed by atoms with Crippen molar-refractivity contribution in [3.63, 3.8) is 0 Å². The molecule has 0 bridgehead atoms. The third-order valence-corrected chi connectivity index (χ3v) is 5.78. The Balaban J connectivity index is 1.28. The van der Waals surface area contributed by atoms with Crippen LogP contribution in [0.1, 0.15) is 22.3 Å². The van der Waals surface area contributed by atoms with Gasteiger partial charge in [-0.3, -0.25) is 4.79 Å². The van der Waals surface area contributed by atoms with Crippen molar-refractivity contribution in [2.75, 3.05) is 44.3 Å². The first kappa shape index (κ1) is 17.9. The first-order valence-corrected chi connectivity index (χ1v) is 10.1. The van der Waals surface area contributed by atoms with Crippen LogP contribution in [0.3, 0.4) is 0 Å². The van der Waals surface area contributed by atoms with E-state index in [0.717, 1.165) is 61.6 Å². The van der Waals surface area contributed by atoms with E-state index in [1.54, 1.807) is 6.20 Å². The van der Waals surface area contributed by atoms with Crippen LogP contribution in [0.25, 0.3) is 16.6 Å². The number of carbonyl (C=O) groups excluding carboxylic acids is 1. The number of hydrogen-bond acceptors (Lipinski definition) is 4. The third kappa shape index (κ3) is 3.51. The number of aromatic amines is 1. The van der Waals surface area contributed by atoms with Crippen molar-refractivity contribution in [2.24, 2.45) is 0 Å². The second-order valence-electron chi connectivity index (χ2n) is 7.48. The van der Waals surface area contributed by atoms with E-state index in [2.05, 4.69) is 27.0 Å². The van der Waals surface area contributed by atoms with E-state index in [1.807, 2.05) is 41.4 Å². The zero-order valence-electron chi connectivity index (χ0n) is 16.3. The number of rotatable bonds is 3. The average molecular weight is 388 g/mol. The van der Waals surface area contributed by atoms with E-state index in [-0.39, 0.29) is 5.91 Å². The smallest absolute Gasteiger partial charge is 0.254 e. The van der Waals surface area contributed by atoms with Crippen LogP contribution in [0, 0.1) is 0 Å². The van der Waals surface area contributed by atoms with Crippen LogP contribution in [0.15, 0.2) is 54.9 Å². The van der Waals surface area contributed by atoms with Gasteiger partial charge < -0.3 is 19.5 Å². The van der Waals surface area contributed by atoms with Crippen LogP contribution in [0.4, 0.5) is 5.69 Å². The fourth-order valence-corrected chi connectivity index (χ4v) is 4.14. The van der Waals surface area contributed by atoms with Crippen LogP contribution in [0.2, 0.25) is 0 Å². The maximum Gasteiger partial charge on any atom is 0.254 e. The van der Waals surface area contributed by atoms with E-state index in [0.29, 0.717) is 6.54 Å². The molecule has 1 aromatic carbocycles. The summed E-state index contributed by atoms with van der Waals surface area (Å²) in [4.78, 5) is 24.7. The molecule has 5 rings (SSSR count). The maximum absolute atomic E-state index is 12.9. The predicted molar refractivity (Wildman–Crippen MR) is 114 cm³/mol. The molecule has 2 aromatic heterocycles. The summed E-state index contributed by atoms with van der Waals surface area (Å²) < 4.78 is 5.41. The molecule has 1 N–H and O–H groups in total. The maximum atomic E-state index is 12.9. The number of aromatic nitrogens is 2. The number of nitrogens with zero attached hydrogens (tertiary/aromatic N) is 3. The number of carbonyl (C=O) groups is 1. The number of benzene rings is 1. The van der Waals surface area contributed by atoms with Crippen molar-refractivity contribution in [1.82, 2.24) is 14.9 Å². The number of fused-ring (bicyclic) bond motifs is 1. The van der Waals surface area contributed by atoms with Gasteiger partial charge in [-0.15, -0.1) is 0 Å². The number of H-pyrrole nitrogens is 1. The van der Waals surface area contributed by atoms with Crippen molar-refractivity contribution in [1.29, 1.82) is 0 Å². The summed E-state index contributed by atoms with van der Waals surface area (Å²) in [6, 6.07) is 12.0. The molecule has 2 aliphatic heterocycles. The van der Waals surface area contributed by atoms with Gasteiger partial charge >= 0.3 is 0 Å². The molecule has 1 saturated heterocycles. The van der Waals surface area contributed by atoms with Crippen LogP contribution in [-0.4, -0.2) is 60.2 Å². The molecule has 0 unspecified atom stereocenters. The minimum absolute atomic E-state index is 0.0921. The monoisotopic (exact) mass is 388 g/mol. The van der Waals surface area contributed by atoms with Gasteiger partial charge in [-0.05, 0) is 48.4 Å². The lowest BCUT2D eigenvalue weighted by Crippen LogP contribution is -2.36. The van der Waals surface area contributed by atoms with Gasteiger partial charge in [0.25, 0.3) is 5.91 Å². The van der Waals surface area contributed by atoms with Crippen molar-refractivity contribution in [3.05, 3.63) is 66.0 Å². The highest BCUT2D eigenvalue weighted by molar-refractivity contribution is 5.96. The lowest BCUT2D eigenvalue weighted by molar-refractivity contribution is 0.0773. The van der Waals surface area contributed by atoms with Gasteiger partial charge in [0.05, 0.1) is 13.2 Å². The molecule has 6 heteroatoms.